The maximum atomic E-state index is 6.04. The van der Waals surface area contributed by atoms with Crippen LogP contribution >= 0.6 is 0 Å². The predicted molar refractivity (Wildman–Crippen MR) is 96.0 cm³/mol. The fourth-order valence-corrected chi connectivity index (χ4v) is 3.13. The monoisotopic (exact) mass is 326 g/mol. The number of aromatic nitrogens is 3. The average Bonchev–Trinajstić information content (AvgIpc) is 2.86. The molecular formula is C18H26N6. The van der Waals surface area contributed by atoms with Gasteiger partial charge in [-0.3, -0.25) is 4.57 Å². The number of pyridine rings is 1. The van der Waals surface area contributed by atoms with Crippen molar-refractivity contribution in [2.24, 2.45) is 10.7 Å². The highest BCUT2D eigenvalue weighted by Crippen LogP contribution is 2.17. The molecule has 3 N–H and O–H groups in total. The van der Waals surface area contributed by atoms with Crippen molar-refractivity contribution in [3.63, 3.8) is 0 Å². The number of aryl methyl sites for hydroxylation is 1. The van der Waals surface area contributed by atoms with Crippen LogP contribution in [0.15, 0.2) is 35.7 Å². The van der Waals surface area contributed by atoms with E-state index < -0.39 is 0 Å². The molecule has 1 aliphatic rings. The van der Waals surface area contributed by atoms with Gasteiger partial charge in [0, 0.05) is 24.6 Å². The van der Waals surface area contributed by atoms with Crippen molar-refractivity contribution in [2.45, 2.75) is 58.0 Å². The van der Waals surface area contributed by atoms with Crippen LogP contribution in [0, 0.1) is 6.92 Å². The molecule has 6 nitrogen and oxygen atoms in total. The SMILES string of the molecule is Cc1nccn1-c1ccc(CN=C(N)NC2CCCCCC2)cn1. The smallest absolute Gasteiger partial charge is 0.189 e. The maximum absolute atomic E-state index is 6.04. The molecule has 0 bridgehead atoms. The van der Waals surface area contributed by atoms with Gasteiger partial charge in [0.1, 0.15) is 11.6 Å². The zero-order chi connectivity index (χ0) is 16.8. The first-order valence-corrected chi connectivity index (χ1v) is 8.74. The van der Waals surface area contributed by atoms with Crippen LogP contribution in [-0.4, -0.2) is 26.5 Å². The van der Waals surface area contributed by atoms with Gasteiger partial charge < -0.3 is 11.1 Å². The van der Waals surface area contributed by atoms with Crippen LogP contribution < -0.4 is 11.1 Å². The molecule has 0 aromatic carbocycles. The second kappa shape index (κ2) is 7.95. The van der Waals surface area contributed by atoms with Gasteiger partial charge in [-0.05, 0) is 31.4 Å². The summed E-state index contributed by atoms with van der Waals surface area (Å²) in [6.07, 6.45) is 13.1. The number of hydrogen-bond donors (Lipinski definition) is 2. The summed E-state index contributed by atoms with van der Waals surface area (Å²) in [5.74, 6) is 2.32. The van der Waals surface area contributed by atoms with Crippen LogP contribution in [-0.2, 0) is 6.54 Å². The minimum atomic E-state index is 0.473. The van der Waals surface area contributed by atoms with Crippen LogP contribution in [0.2, 0.25) is 0 Å². The van der Waals surface area contributed by atoms with Crippen molar-refractivity contribution < 1.29 is 0 Å². The summed E-state index contributed by atoms with van der Waals surface area (Å²) < 4.78 is 1.95. The van der Waals surface area contributed by atoms with Gasteiger partial charge in [-0.15, -0.1) is 0 Å². The fourth-order valence-electron chi connectivity index (χ4n) is 3.13. The summed E-state index contributed by atoms with van der Waals surface area (Å²) in [7, 11) is 0. The zero-order valence-corrected chi connectivity index (χ0v) is 14.3. The maximum Gasteiger partial charge on any atom is 0.189 e. The highest BCUT2D eigenvalue weighted by molar-refractivity contribution is 5.78. The van der Waals surface area contributed by atoms with Crippen LogP contribution in [0.3, 0.4) is 0 Å². The Morgan fingerprint density at radius 2 is 2.04 bits per heavy atom. The minimum absolute atomic E-state index is 0.473. The Hall–Kier alpha value is -2.37. The van der Waals surface area contributed by atoms with Gasteiger partial charge in [0.2, 0.25) is 0 Å². The van der Waals surface area contributed by atoms with Gasteiger partial charge in [-0.1, -0.05) is 31.7 Å². The Kier molecular flexibility index (Phi) is 5.46. The van der Waals surface area contributed by atoms with E-state index in [9.17, 15) is 0 Å². The van der Waals surface area contributed by atoms with Crippen LogP contribution in [0.25, 0.3) is 5.82 Å². The lowest BCUT2D eigenvalue weighted by Crippen LogP contribution is -2.39. The highest BCUT2D eigenvalue weighted by atomic mass is 15.1. The molecule has 1 aliphatic carbocycles. The van der Waals surface area contributed by atoms with E-state index in [-0.39, 0.29) is 0 Å². The fraction of sp³-hybridized carbons (Fsp3) is 0.500. The molecule has 0 atom stereocenters. The van der Waals surface area contributed by atoms with E-state index in [0.717, 1.165) is 17.2 Å². The molecule has 24 heavy (non-hydrogen) atoms. The number of hydrogen-bond acceptors (Lipinski definition) is 3. The highest BCUT2D eigenvalue weighted by Gasteiger charge is 2.12. The van der Waals surface area contributed by atoms with Crippen LogP contribution in [0.5, 0.6) is 0 Å². The van der Waals surface area contributed by atoms with Crippen molar-refractivity contribution >= 4 is 5.96 Å². The van der Waals surface area contributed by atoms with E-state index in [1.54, 1.807) is 6.20 Å². The molecule has 2 heterocycles. The zero-order valence-electron chi connectivity index (χ0n) is 14.3. The van der Waals surface area contributed by atoms with E-state index in [0.29, 0.717) is 18.5 Å². The molecule has 0 aliphatic heterocycles. The molecule has 0 spiro atoms. The first-order chi connectivity index (χ1) is 11.7. The van der Waals surface area contributed by atoms with Gasteiger partial charge in [0.25, 0.3) is 0 Å². The molecule has 6 heteroatoms. The predicted octanol–water partition coefficient (Wildman–Crippen LogP) is 2.70. The lowest BCUT2D eigenvalue weighted by molar-refractivity contribution is 0.530. The summed E-state index contributed by atoms with van der Waals surface area (Å²) in [4.78, 5) is 13.1. The van der Waals surface area contributed by atoms with Gasteiger partial charge in [-0.25, -0.2) is 15.0 Å². The third-order valence-electron chi connectivity index (χ3n) is 4.52. The molecule has 0 unspecified atom stereocenters. The summed E-state index contributed by atoms with van der Waals surface area (Å²) in [6.45, 7) is 2.50. The standard InChI is InChI=1S/C18H26N6/c1-14-20-10-11-24(14)17-9-8-15(12-21-17)13-22-18(19)23-16-6-4-2-3-5-7-16/h8-12,16H,2-7,13H2,1H3,(H3,19,22,23). The number of rotatable bonds is 4. The number of nitrogens with zero attached hydrogens (tertiary/aromatic N) is 4. The molecule has 2 aromatic heterocycles. The second-order valence-electron chi connectivity index (χ2n) is 6.40. The Labute approximate surface area is 143 Å². The third-order valence-corrected chi connectivity index (χ3v) is 4.52. The van der Waals surface area contributed by atoms with Gasteiger partial charge >= 0.3 is 0 Å². The van der Waals surface area contributed by atoms with E-state index >= 15 is 0 Å². The first kappa shape index (κ1) is 16.5. The number of imidazole rings is 1. The third kappa shape index (κ3) is 4.34. The quantitative estimate of drug-likeness (QED) is 0.514. The Morgan fingerprint density at radius 3 is 2.67 bits per heavy atom. The molecule has 3 rings (SSSR count). The van der Waals surface area contributed by atoms with E-state index in [4.69, 9.17) is 5.73 Å². The summed E-state index contributed by atoms with van der Waals surface area (Å²) in [5, 5.41) is 3.37. The Morgan fingerprint density at radius 1 is 1.25 bits per heavy atom. The topological polar surface area (TPSA) is 81.1 Å². The summed E-state index contributed by atoms with van der Waals surface area (Å²) in [6, 6.07) is 4.49. The summed E-state index contributed by atoms with van der Waals surface area (Å²) >= 11 is 0. The van der Waals surface area contributed by atoms with Gasteiger partial charge in [-0.2, -0.15) is 0 Å². The summed E-state index contributed by atoms with van der Waals surface area (Å²) in [5.41, 5.74) is 7.08. The normalized spacial score (nSPS) is 16.8. The Bertz CT molecular complexity index is 665. The Balaban J connectivity index is 1.56. The number of nitrogens with one attached hydrogen (secondary N) is 1. The average molecular weight is 326 g/mol. The van der Waals surface area contributed by atoms with E-state index in [2.05, 4.69) is 20.3 Å². The van der Waals surface area contributed by atoms with Crippen molar-refractivity contribution in [3.8, 4) is 5.82 Å². The number of guanidine groups is 1. The van der Waals surface area contributed by atoms with Gasteiger partial charge in [0.05, 0.1) is 6.54 Å². The molecule has 1 saturated carbocycles. The molecule has 1 fully saturated rings. The molecular weight excluding hydrogens is 300 g/mol. The lowest BCUT2D eigenvalue weighted by atomic mass is 10.1. The molecule has 2 aromatic rings. The van der Waals surface area contributed by atoms with Crippen molar-refractivity contribution in [3.05, 3.63) is 42.1 Å². The van der Waals surface area contributed by atoms with Crippen LogP contribution in [0.4, 0.5) is 0 Å². The minimum Gasteiger partial charge on any atom is -0.370 e. The number of aliphatic imine (C=N–C) groups is 1. The molecule has 0 amide bonds. The van der Waals surface area contributed by atoms with Crippen molar-refractivity contribution in [1.29, 1.82) is 0 Å². The molecule has 128 valence electrons. The van der Waals surface area contributed by atoms with Gasteiger partial charge in [0.15, 0.2) is 5.96 Å². The van der Waals surface area contributed by atoms with Crippen LogP contribution in [0.1, 0.15) is 49.9 Å². The van der Waals surface area contributed by atoms with Crippen molar-refractivity contribution in [1.82, 2.24) is 19.9 Å². The van der Waals surface area contributed by atoms with E-state index in [1.165, 1.54) is 38.5 Å². The largest absolute Gasteiger partial charge is 0.370 e. The molecule has 0 radical (unpaired) electrons. The van der Waals surface area contributed by atoms with Crippen molar-refractivity contribution in [2.75, 3.05) is 0 Å². The second-order valence-corrected chi connectivity index (χ2v) is 6.40. The van der Waals surface area contributed by atoms with E-state index in [1.807, 2.05) is 36.0 Å². The molecule has 0 saturated heterocycles. The number of nitrogens with two attached hydrogens (primary N) is 1. The lowest BCUT2D eigenvalue weighted by Gasteiger charge is -2.16. The first-order valence-electron chi connectivity index (χ1n) is 8.74.